The number of nitrogens with zero attached hydrogens (tertiary/aromatic N) is 2. The number of methoxy groups -OCH3 is 1. The van der Waals surface area contributed by atoms with Crippen LogP contribution in [0.15, 0.2) is 84.1 Å². The Balaban J connectivity index is 1.34. The number of benzene rings is 3. The SMILES string of the molecule is CCCN1C(=O)C2CC=C3C(CC4C(=O)N(Nc5ccc(Cl)cc5Cl)C(=O)C4(c4ccc(OC)cc4)C3C3=COc4ccc(O)cc4C3)C2C1=O. The number of anilines is 1. The molecule has 3 aliphatic heterocycles. The van der Waals surface area contributed by atoms with Gasteiger partial charge in [0.1, 0.15) is 17.2 Å². The number of imide groups is 2. The largest absolute Gasteiger partial charge is 0.508 e. The zero-order chi connectivity index (χ0) is 35.8. The van der Waals surface area contributed by atoms with Gasteiger partial charge in [-0.25, -0.2) is 0 Å². The summed E-state index contributed by atoms with van der Waals surface area (Å²) >= 11 is 12.7. The lowest BCUT2D eigenvalue weighted by molar-refractivity contribution is -0.141. The number of carbonyl (C=O) groups is 4. The highest BCUT2D eigenvalue weighted by atomic mass is 35.5. The Morgan fingerprint density at radius 2 is 1.76 bits per heavy atom. The molecule has 6 atom stereocenters. The number of fused-ring (bicyclic) bond motifs is 5. The number of carbonyl (C=O) groups excluding carboxylic acids is 4. The molecular formula is C39H35Cl2N3O7. The van der Waals surface area contributed by atoms with Crippen LogP contribution in [0.3, 0.4) is 0 Å². The highest BCUT2D eigenvalue weighted by molar-refractivity contribution is 6.36. The molecule has 12 heteroatoms. The number of hydrogen-bond acceptors (Lipinski definition) is 8. The summed E-state index contributed by atoms with van der Waals surface area (Å²) in [6.07, 6.45) is 5.08. The van der Waals surface area contributed by atoms with Crippen LogP contribution in [-0.4, -0.2) is 52.3 Å². The van der Waals surface area contributed by atoms with Crippen molar-refractivity contribution in [3.8, 4) is 17.2 Å². The summed E-state index contributed by atoms with van der Waals surface area (Å²) in [5.74, 6) is -3.60. The van der Waals surface area contributed by atoms with E-state index >= 15 is 4.79 Å². The van der Waals surface area contributed by atoms with Crippen molar-refractivity contribution in [2.75, 3.05) is 19.1 Å². The molecule has 0 aromatic heterocycles. The van der Waals surface area contributed by atoms with Crippen LogP contribution in [0.4, 0.5) is 5.69 Å². The standard InChI is InChI=1S/C39H35Cl2N3O7/c1-3-14-43-35(46)27-11-10-26-28(33(27)37(43)48)18-29-36(47)44(42-31-12-6-23(40)17-30(31)41)38(49)39(29,22-4-8-25(50-2)9-5-22)34(26)21-15-20-16-24(45)7-13-32(20)51-19-21/h4-10,12-13,16-17,19,27-29,33-34,42,45H,3,11,14-15,18H2,1-2H3. The summed E-state index contributed by atoms with van der Waals surface area (Å²) in [5, 5.41) is 12.1. The molecule has 2 saturated heterocycles. The Morgan fingerprint density at radius 1 is 0.980 bits per heavy atom. The summed E-state index contributed by atoms with van der Waals surface area (Å²) in [6.45, 7) is 2.25. The van der Waals surface area contributed by atoms with Gasteiger partial charge in [-0.05, 0) is 84.8 Å². The van der Waals surface area contributed by atoms with Crippen molar-refractivity contribution in [1.82, 2.24) is 9.91 Å². The Kier molecular flexibility index (Phi) is 8.14. The fourth-order valence-electron chi connectivity index (χ4n) is 9.17. The van der Waals surface area contributed by atoms with Gasteiger partial charge in [0.2, 0.25) is 11.8 Å². The van der Waals surface area contributed by atoms with Gasteiger partial charge < -0.3 is 14.6 Å². The topological polar surface area (TPSA) is 125 Å². The number of halogens is 2. The van der Waals surface area contributed by atoms with Gasteiger partial charge in [0.15, 0.2) is 0 Å². The molecule has 2 aliphatic carbocycles. The van der Waals surface area contributed by atoms with E-state index in [1.807, 2.05) is 25.1 Å². The number of rotatable bonds is 7. The van der Waals surface area contributed by atoms with Crippen molar-refractivity contribution in [3.63, 3.8) is 0 Å². The molecular weight excluding hydrogens is 693 g/mol. The third-order valence-electron chi connectivity index (χ3n) is 11.3. The number of aromatic hydroxyl groups is 1. The van der Waals surface area contributed by atoms with Crippen LogP contribution >= 0.6 is 23.2 Å². The van der Waals surface area contributed by atoms with Gasteiger partial charge in [0.25, 0.3) is 11.8 Å². The minimum Gasteiger partial charge on any atom is -0.508 e. The predicted molar refractivity (Wildman–Crippen MR) is 189 cm³/mol. The molecule has 3 fully saturated rings. The molecule has 2 N–H and O–H groups in total. The second kappa shape index (κ2) is 12.5. The van der Waals surface area contributed by atoms with Gasteiger partial charge in [-0.3, -0.25) is 29.5 Å². The van der Waals surface area contributed by atoms with E-state index in [2.05, 4.69) is 5.43 Å². The number of nitrogens with one attached hydrogen (secondary N) is 1. The molecule has 3 aromatic rings. The highest BCUT2D eigenvalue weighted by Gasteiger charge is 2.70. The third kappa shape index (κ3) is 4.98. The van der Waals surface area contributed by atoms with E-state index in [-0.39, 0.29) is 29.0 Å². The second-order valence-electron chi connectivity index (χ2n) is 13.8. The summed E-state index contributed by atoms with van der Waals surface area (Å²) in [4.78, 5) is 59.4. The van der Waals surface area contributed by atoms with E-state index in [1.54, 1.807) is 55.8 Å². The molecule has 1 saturated carbocycles. The van der Waals surface area contributed by atoms with E-state index in [9.17, 15) is 19.5 Å². The minimum absolute atomic E-state index is 0.0657. The van der Waals surface area contributed by atoms with Crippen LogP contribution in [0.25, 0.3) is 0 Å². The molecule has 262 valence electrons. The van der Waals surface area contributed by atoms with Crippen molar-refractivity contribution in [2.24, 2.45) is 29.6 Å². The Labute approximate surface area is 304 Å². The normalized spacial score (nSPS) is 28.0. The zero-order valence-corrected chi connectivity index (χ0v) is 29.4. The number of amides is 4. The molecule has 0 radical (unpaired) electrons. The lowest BCUT2D eigenvalue weighted by atomic mass is 9.48. The number of likely N-dealkylation sites (tertiary alicyclic amines) is 1. The minimum atomic E-state index is -1.50. The first-order valence-corrected chi connectivity index (χ1v) is 17.8. The number of ether oxygens (including phenoxy) is 2. The van der Waals surface area contributed by atoms with Crippen molar-refractivity contribution < 1.29 is 33.8 Å². The number of phenols is 1. The average molecular weight is 729 g/mol. The van der Waals surface area contributed by atoms with Gasteiger partial charge in [-0.15, -0.1) is 0 Å². The van der Waals surface area contributed by atoms with E-state index in [0.29, 0.717) is 64.7 Å². The maximum atomic E-state index is 15.4. The van der Waals surface area contributed by atoms with E-state index < -0.39 is 46.8 Å². The maximum Gasteiger partial charge on any atom is 0.260 e. The van der Waals surface area contributed by atoms with Crippen LogP contribution < -0.4 is 14.9 Å². The molecule has 0 spiro atoms. The summed E-state index contributed by atoms with van der Waals surface area (Å²) < 4.78 is 11.6. The quantitative estimate of drug-likeness (QED) is 0.210. The first-order chi connectivity index (χ1) is 24.6. The van der Waals surface area contributed by atoms with Gasteiger partial charge in [0, 0.05) is 29.5 Å². The van der Waals surface area contributed by atoms with E-state index in [0.717, 1.165) is 10.6 Å². The van der Waals surface area contributed by atoms with Crippen molar-refractivity contribution >= 4 is 52.5 Å². The maximum absolute atomic E-state index is 15.4. The fourth-order valence-corrected chi connectivity index (χ4v) is 9.62. The van der Waals surface area contributed by atoms with E-state index in [1.165, 1.54) is 11.0 Å². The lowest BCUT2D eigenvalue weighted by Gasteiger charge is -2.51. The third-order valence-corrected chi connectivity index (χ3v) is 11.8. The van der Waals surface area contributed by atoms with Crippen LogP contribution in [0.2, 0.25) is 10.0 Å². The van der Waals surface area contributed by atoms with Crippen LogP contribution in [0.1, 0.15) is 37.3 Å². The zero-order valence-electron chi connectivity index (χ0n) is 27.9. The van der Waals surface area contributed by atoms with Crippen LogP contribution in [0.5, 0.6) is 17.2 Å². The van der Waals surface area contributed by atoms with E-state index in [4.69, 9.17) is 32.7 Å². The molecule has 0 bridgehead atoms. The smallest absolute Gasteiger partial charge is 0.260 e. The number of phenolic OH excluding ortho intramolecular Hbond substituents is 1. The second-order valence-corrected chi connectivity index (χ2v) is 14.7. The Bertz CT molecular complexity index is 2060. The van der Waals surface area contributed by atoms with Gasteiger partial charge in [-0.2, -0.15) is 5.01 Å². The first-order valence-electron chi connectivity index (χ1n) is 17.1. The first kappa shape index (κ1) is 33.3. The van der Waals surface area contributed by atoms with Crippen LogP contribution in [0, 0.1) is 29.6 Å². The Hall–Kier alpha value is -4.80. The summed E-state index contributed by atoms with van der Waals surface area (Å²) in [5.41, 5.74) is 4.67. The Morgan fingerprint density at radius 3 is 2.49 bits per heavy atom. The van der Waals surface area contributed by atoms with Crippen molar-refractivity contribution in [3.05, 3.63) is 105 Å². The van der Waals surface area contributed by atoms with Gasteiger partial charge in [0.05, 0.1) is 47.3 Å². The monoisotopic (exact) mass is 727 g/mol. The average Bonchev–Trinajstić information content (AvgIpc) is 3.49. The molecule has 5 aliphatic rings. The van der Waals surface area contributed by atoms with Gasteiger partial charge in [-0.1, -0.05) is 53.9 Å². The van der Waals surface area contributed by atoms with Crippen molar-refractivity contribution in [2.45, 2.75) is 38.0 Å². The predicted octanol–water partition coefficient (Wildman–Crippen LogP) is 6.45. The molecule has 51 heavy (non-hydrogen) atoms. The summed E-state index contributed by atoms with van der Waals surface area (Å²) in [6, 6.07) is 16.7. The molecule has 3 heterocycles. The molecule has 8 rings (SSSR count). The van der Waals surface area contributed by atoms with Gasteiger partial charge >= 0.3 is 0 Å². The molecule has 10 nitrogen and oxygen atoms in total. The highest BCUT2D eigenvalue weighted by Crippen LogP contribution is 2.63. The molecule has 6 unspecified atom stereocenters. The number of hydrogen-bond donors (Lipinski definition) is 2. The number of hydrazine groups is 1. The molecule has 4 amide bonds. The molecule has 3 aromatic carbocycles. The summed E-state index contributed by atoms with van der Waals surface area (Å²) in [7, 11) is 1.55. The number of allylic oxidation sites excluding steroid dienone is 3. The lowest BCUT2D eigenvalue weighted by Crippen LogP contribution is -2.55. The van der Waals surface area contributed by atoms with Crippen LogP contribution in [-0.2, 0) is 31.0 Å². The fraction of sp³-hybridized carbons (Fsp3) is 0.333. The van der Waals surface area contributed by atoms with Crippen molar-refractivity contribution in [1.29, 1.82) is 0 Å².